The predicted molar refractivity (Wildman–Crippen MR) is 67.2 cm³/mol. The lowest BCUT2D eigenvalue weighted by molar-refractivity contribution is -0.146. The number of esters is 1. The van der Waals surface area contributed by atoms with E-state index in [4.69, 9.17) is 4.74 Å². The molecule has 0 amide bonds. The van der Waals surface area contributed by atoms with Crippen molar-refractivity contribution >= 4 is 11.7 Å². The van der Waals surface area contributed by atoms with Crippen molar-refractivity contribution in [2.45, 2.75) is 26.2 Å². The molecule has 17 heavy (non-hydrogen) atoms. The van der Waals surface area contributed by atoms with Crippen LogP contribution in [-0.2, 0) is 9.53 Å². The molecule has 1 aliphatic rings. The van der Waals surface area contributed by atoms with Crippen LogP contribution < -0.4 is 0 Å². The van der Waals surface area contributed by atoms with E-state index in [1.165, 1.54) is 12.8 Å². The minimum Gasteiger partial charge on any atom is -0.469 e. The Kier molecular flexibility index (Phi) is 3.67. The number of carbonyl (C=O) groups is 1. The molecule has 0 spiro atoms. The molecule has 1 heterocycles. The SMILES string of the molecule is COC(=O)C(C)C1CCCC=C1n1cccc1. The highest BCUT2D eigenvalue weighted by Crippen LogP contribution is 2.34. The van der Waals surface area contributed by atoms with E-state index >= 15 is 0 Å². The van der Waals surface area contributed by atoms with Crippen molar-refractivity contribution in [3.63, 3.8) is 0 Å². The summed E-state index contributed by atoms with van der Waals surface area (Å²) in [5, 5.41) is 0. The minimum atomic E-state index is -0.116. The van der Waals surface area contributed by atoms with Gasteiger partial charge in [0.15, 0.2) is 0 Å². The van der Waals surface area contributed by atoms with Gasteiger partial charge in [-0.3, -0.25) is 4.79 Å². The summed E-state index contributed by atoms with van der Waals surface area (Å²) in [7, 11) is 1.46. The topological polar surface area (TPSA) is 31.2 Å². The number of hydrogen-bond donors (Lipinski definition) is 0. The van der Waals surface area contributed by atoms with Crippen LogP contribution >= 0.6 is 0 Å². The largest absolute Gasteiger partial charge is 0.469 e. The van der Waals surface area contributed by atoms with Gasteiger partial charge in [-0.15, -0.1) is 0 Å². The highest BCUT2D eigenvalue weighted by atomic mass is 16.5. The summed E-state index contributed by atoms with van der Waals surface area (Å²) in [6.45, 7) is 1.96. The van der Waals surface area contributed by atoms with E-state index in [1.54, 1.807) is 0 Å². The lowest BCUT2D eigenvalue weighted by atomic mass is 9.82. The first kappa shape index (κ1) is 12.0. The summed E-state index contributed by atoms with van der Waals surface area (Å²) in [6, 6.07) is 4.02. The van der Waals surface area contributed by atoms with Gasteiger partial charge in [0.1, 0.15) is 0 Å². The molecule has 0 saturated heterocycles. The number of hydrogen-bond acceptors (Lipinski definition) is 2. The minimum absolute atomic E-state index is 0.0750. The molecule has 0 saturated carbocycles. The third kappa shape index (κ3) is 2.43. The van der Waals surface area contributed by atoms with Crippen LogP contribution in [0.2, 0.25) is 0 Å². The van der Waals surface area contributed by atoms with E-state index in [0.29, 0.717) is 0 Å². The molecule has 3 nitrogen and oxygen atoms in total. The number of carbonyl (C=O) groups excluding carboxylic acids is 1. The maximum atomic E-state index is 11.7. The lowest BCUT2D eigenvalue weighted by Crippen LogP contribution is -2.26. The average molecular weight is 233 g/mol. The monoisotopic (exact) mass is 233 g/mol. The number of methoxy groups -OCH3 is 1. The molecule has 2 atom stereocenters. The number of rotatable bonds is 3. The standard InChI is InChI=1S/C14H19NO2/c1-11(14(16)17-2)12-7-3-4-8-13(12)15-9-5-6-10-15/h5-6,8-12H,3-4,7H2,1-2H3. The Morgan fingerprint density at radius 1 is 1.47 bits per heavy atom. The van der Waals surface area contributed by atoms with E-state index in [9.17, 15) is 4.79 Å². The van der Waals surface area contributed by atoms with Gasteiger partial charge in [0.05, 0.1) is 13.0 Å². The first-order valence-corrected chi connectivity index (χ1v) is 6.15. The molecule has 2 unspecified atom stereocenters. The highest BCUT2D eigenvalue weighted by molar-refractivity contribution is 5.74. The fraction of sp³-hybridized carbons (Fsp3) is 0.500. The van der Waals surface area contributed by atoms with Gasteiger partial charge in [0.2, 0.25) is 0 Å². The maximum absolute atomic E-state index is 11.7. The molecular weight excluding hydrogens is 214 g/mol. The van der Waals surface area contributed by atoms with Crippen LogP contribution in [0.1, 0.15) is 26.2 Å². The van der Waals surface area contributed by atoms with E-state index in [2.05, 4.69) is 10.6 Å². The smallest absolute Gasteiger partial charge is 0.309 e. The second-order valence-electron chi connectivity index (χ2n) is 4.57. The third-order valence-corrected chi connectivity index (χ3v) is 3.53. The van der Waals surface area contributed by atoms with Crippen molar-refractivity contribution < 1.29 is 9.53 Å². The molecule has 1 aliphatic carbocycles. The molecular formula is C14H19NO2. The van der Waals surface area contributed by atoms with Crippen LogP contribution in [0, 0.1) is 11.8 Å². The molecule has 1 aromatic heterocycles. The van der Waals surface area contributed by atoms with Crippen LogP contribution in [-0.4, -0.2) is 17.6 Å². The molecule has 2 rings (SSSR count). The van der Waals surface area contributed by atoms with Crippen molar-refractivity contribution in [2.24, 2.45) is 11.8 Å². The van der Waals surface area contributed by atoms with Gasteiger partial charge in [-0.2, -0.15) is 0 Å². The Labute approximate surface area is 102 Å². The van der Waals surface area contributed by atoms with Gasteiger partial charge in [-0.05, 0) is 31.4 Å². The summed E-state index contributed by atoms with van der Waals surface area (Å²) in [4.78, 5) is 11.7. The third-order valence-electron chi connectivity index (χ3n) is 3.53. The molecule has 0 radical (unpaired) electrons. The first-order valence-electron chi connectivity index (χ1n) is 6.15. The Morgan fingerprint density at radius 3 is 2.82 bits per heavy atom. The van der Waals surface area contributed by atoms with Gasteiger partial charge in [-0.1, -0.05) is 13.0 Å². The Hall–Kier alpha value is -1.51. The van der Waals surface area contributed by atoms with Gasteiger partial charge >= 0.3 is 5.97 Å². The zero-order valence-corrected chi connectivity index (χ0v) is 10.4. The lowest BCUT2D eigenvalue weighted by Gasteiger charge is -2.28. The maximum Gasteiger partial charge on any atom is 0.309 e. The van der Waals surface area contributed by atoms with Gasteiger partial charge < -0.3 is 9.30 Å². The molecule has 0 aromatic carbocycles. The summed E-state index contributed by atoms with van der Waals surface area (Å²) < 4.78 is 6.97. The van der Waals surface area contributed by atoms with Crippen LogP contribution in [0.3, 0.4) is 0 Å². The zero-order valence-electron chi connectivity index (χ0n) is 10.4. The molecule has 1 aromatic rings. The van der Waals surface area contributed by atoms with Crippen molar-refractivity contribution in [2.75, 3.05) is 7.11 Å². The quantitative estimate of drug-likeness (QED) is 0.752. The fourth-order valence-electron chi connectivity index (χ4n) is 2.55. The number of allylic oxidation sites excluding steroid dienone is 2. The van der Waals surface area contributed by atoms with E-state index in [1.807, 2.05) is 31.5 Å². The van der Waals surface area contributed by atoms with E-state index in [-0.39, 0.29) is 17.8 Å². The summed E-state index contributed by atoms with van der Waals surface area (Å²) in [5.41, 5.74) is 1.24. The number of nitrogens with zero attached hydrogens (tertiary/aromatic N) is 1. The normalized spacial score (nSPS) is 21.8. The van der Waals surface area contributed by atoms with Crippen LogP contribution in [0.5, 0.6) is 0 Å². The summed E-state index contributed by atoms with van der Waals surface area (Å²) >= 11 is 0. The number of aromatic nitrogens is 1. The van der Waals surface area contributed by atoms with Gasteiger partial charge in [0.25, 0.3) is 0 Å². The molecule has 3 heteroatoms. The molecule has 0 bridgehead atoms. The predicted octanol–water partition coefficient (Wildman–Crippen LogP) is 2.94. The Morgan fingerprint density at radius 2 is 2.18 bits per heavy atom. The van der Waals surface area contributed by atoms with E-state index in [0.717, 1.165) is 19.3 Å². The Bertz CT molecular complexity index is 406. The second kappa shape index (κ2) is 5.21. The summed E-state index contributed by atoms with van der Waals surface area (Å²) in [5.74, 6) is 0.0764. The van der Waals surface area contributed by atoms with Crippen LogP contribution in [0.25, 0.3) is 5.70 Å². The zero-order chi connectivity index (χ0) is 12.3. The van der Waals surface area contributed by atoms with Crippen LogP contribution in [0.15, 0.2) is 30.6 Å². The summed E-state index contributed by atoms with van der Waals surface area (Å²) in [6.07, 6.45) is 9.62. The molecule has 0 aliphatic heterocycles. The first-order chi connectivity index (χ1) is 8.24. The number of ether oxygens (including phenoxy) is 1. The van der Waals surface area contributed by atoms with Crippen molar-refractivity contribution in [1.82, 2.24) is 4.57 Å². The average Bonchev–Trinajstić information content (AvgIpc) is 2.90. The van der Waals surface area contributed by atoms with Crippen molar-refractivity contribution in [3.8, 4) is 0 Å². The molecule has 0 fully saturated rings. The second-order valence-corrected chi connectivity index (χ2v) is 4.57. The van der Waals surface area contributed by atoms with Gasteiger partial charge in [-0.25, -0.2) is 0 Å². The highest BCUT2D eigenvalue weighted by Gasteiger charge is 2.29. The van der Waals surface area contributed by atoms with Gasteiger partial charge in [0, 0.05) is 24.0 Å². The molecule has 92 valence electrons. The van der Waals surface area contributed by atoms with Crippen molar-refractivity contribution in [3.05, 3.63) is 30.6 Å². The van der Waals surface area contributed by atoms with Crippen LogP contribution in [0.4, 0.5) is 0 Å². The van der Waals surface area contributed by atoms with Crippen molar-refractivity contribution in [1.29, 1.82) is 0 Å². The Balaban J connectivity index is 2.23. The molecule has 0 N–H and O–H groups in total. The van der Waals surface area contributed by atoms with E-state index < -0.39 is 0 Å². The fourth-order valence-corrected chi connectivity index (χ4v) is 2.55.